The van der Waals surface area contributed by atoms with Crippen molar-refractivity contribution in [1.82, 2.24) is 29.9 Å². The average Bonchev–Trinajstić information content (AvgIpc) is 3.25. The molecule has 0 atom stereocenters. The molecule has 4 heterocycles. The van der Waals surface area contributed by atoms with Crippen molar-refractivity contribution in [3.63, 3.8) is 0 Å². The molecule has 0 aromatic carbocycles. The van der Waals surface area contributed by atoms with Gasteiger partial charge in [0.05, 0.1) is 24.3 Å². The Kier molecular flexibility index (Phi) is 3.42. The molecule has 0 aliphatic carbocycles. The number of aromatic nitrogens is 6. The summed E-state index contributed by atoms with van der Waals surface area (Å²) < 4.78 is 6.94. The molecule has 0 radical (unpaired) electrons. The topological polar surface area (TPSA) is 85.8 Å². The van der Waals surface area contributed by atoms with Crippen LogP contribution >= 0.6 is 0 Å². The van der Waals surface area contributed by atoms with Crippen molar-refractivity contribution in [2.24, 2.45) is 7.05 Å². The number of hydrogen-bond donors (Lipinski definition) is 0. The number of rotatable bonds is 4. The van der Waals surface area contributed by atoms with Crippen molar-refractivity contribution >= 4 is 16.9 Å². The third kappa shape index (κ3) is 2.47. The van der Waals surface area contributed by atoms with Gasteiger partial charge in [-0.1, -0.05) is 5.16 Å². The first-order chi connectivity index (χ1) is 11.7. The summed E-state index contributed by atoms with van der Waals surface area (Å²) in [6.45, 7) is 0.552. The number of aryl methyl sites for hydroxylation is 1. The molecule has 0 saturated heterocycles. The van der Waals surface area contributed by atoms with Gasteiger partial charge in [0, 0.05) is 38.1 Å². The number of fused-ring (bicyclic) bond motifs is 1. The SMILES string of the molecule is CN(Cc1ccno1)c1nc(-c2ccncc2)nc2c1cnn2C. The second kappa shape index (κ2) is 5.73. The maximum absolute atomic E-state index is 5.19. The third-order valence-electron chi connectivity index (χ3n) is 3.76. The smallest absolute Gasteiger partial charge is 0.164 e. The maximum atomic E-state index is 5.19. The van der Waals surface area contributed by atoms with Crippen LogP contribution in [0.2, 0.25) is 0 Å². The van der Waals surface area contributed by atoms with Crippen molar-refractivity contribution in [3.8, 4) is 11.4 Å². The predicted molar refractivity (Wildman–Crippen MR) is 88.1 cm³/mol. The molecule has 4 aromatic heterocycles. The number of hydrogen-bond acceptors (Lipinski definition) is 7. The standard InChI is InChI=1S/C16H15N7O/c1-22(10-12-5-8-19-24-12)15-13-9-18-23(2)16(13)21-14(20-15)11-3-6-17-7-4-11/h3-9H,10H2,1-2H3. The minimum absolute atomic E-state index is 0.552. The summed E-state index contributed by atoms with van der Waals surface area (Å²) >= 11 is 0. The molecular weight excluding hydrogens is 306 g/mol. The van der Waals surface area contributed by atoms with Crippen molar-refractivity contribution < 1.29 is 4.52 Å². The van der Waals surface area contributed by atoms with Gasteiger partial charge in [-0.2, -0.15) is 5.10 Å². The minimum atomic E-state index is 0.552. The Morgan fingerprint density at radius 2 is 1.96 bits per heavy atom. The van der Waals surface area contributed by atoms with Crippen LogP contribution in [0.25, 0.3) is 22.4 Å². The van der Waals surface area contributed by atoms with Crippen molar-refractivity contribution in [1.29, 1.82) is 0 Å². The van der Waals surface area contributed by atoms with Crippen LogP contribution in [0.1, 0.15) is 5.76 Å². The van der Waals surface area contributed by atoms with Gasteiger partial charge < -0.3 is 9.42 Å². The molecule has 4 aromatic rings. The van der Waals surface area contributed by atoms with E-state index in [1.165, 1.54) is 0 Å². The van der Waals surface area contributed by atoms with Gasteiger partial charge in [-0.15, -0.1) is 0 Å². The molecule has 0 fully saturated rings. The van der Waals surface area contributed by atoms with E-state index in [1.54, 1.807) is 29.5 Å². The normalized spacial score (nSPS) is 11.1. The van der Waals surface area contributed by atoms with Gasteiger partial charge in [0.1, 0.15) is 5.82 Å². The predicted octanol–water partition coefficient (Wildman–Crippen LogP) is 2.05. The molecule has 0 amide bonds. The van der Waals surface area contributed by atoms with Gasteiger partial charge >= 0.3 is 0 Å². The Morgan fingerprint density at radius 3 is 2.71 bits per heavy atom. The number of nitrogens with zero attached hydrogens (tertiary/aromatic N) is 7. The Labute approximate surface area is 137 Å². The van der Waals surface area contributed by atoms with Gasteiger partial charge in [0.15, 0.2) is 17.2 Å². The fourth-order valence-corrected chi connectivity index (χ4v) is 2.56. The van der Waals surface area contributed by atoms with E-state index in [0.717, 1.165) is 28.2 Å². The van der Waals surface area contributed by atoms with Gasteiger partial charge in [-0.25, -0.2) is 9.97 Å². The number of anilines is 1. The summed E-state index contributed by atoms with van der Waals surface area (Å²) in [6.07, 6.45) is 6.86. The Bertz CT molecular complexity index is 963. The van der Waals surface area contributed by atoms with Crippen molar-refractivity contribution in [2.45, 2.75) is 6.54 Å². The molecule has 0 bridgehead atoms. The lowest BCUT2D eigenvalue weighted by Gasteiger charge is -2.18. The Hall–Kier alpha value is -3.29. The number of pyridine rings is 1. The molecule has 120 valence electrons. The monoisotopic (exact) mass is 321 g/mol. The highest BCUT2D eigenvalue weighted by Crippen LogP contribution is 2.27. The molecule has 8 nitrogen and oxygen atoms in total. The molecular formula is C16H15N7O. The molecule has 0 aliphatic rings. The fourth-order valence-electron chi connectivity index (χ4n) is 2.56. The first-order valence-electron chi connectivity index (χ1n) is 7.43. The van der Waals surface area contributed by atoms with Crippen LogP contribution in [-0.2, 0) is 13.6 Å². The highest BCUT2D eigenvalue weighted by atomic mass is 16.5. The van der Waals surface area contributed by atoms with Crippen LogP contribution in [0.15, 0.2) is 47.5 Å². The lowest BCUT2D eigenvalue weighted by molar-refractivity contribution is 0.383. The first kappa shape index (κ1) is 14.3. The zero-order valence-corrected chi connectivity index (χ0v) is 13.3. The van der Waals surface area contributed by atoms with Gasteiger partial charge in [0.25, 0.3) is 0 Å². The van der Waals surface area contributed by atoms with Crippen LogP contribution < -0.4 is 4.90 Å². The zero-order valence-electron chi connectivity index (χ0n) is 13.3. The van der Waals surface area contributed by atoms with E-state index in [-0.39, 0.29) is 0 Å². The molecule has 0 saturated carbocycles. The highest BCUT2D eigenvalue weighted by Gasteiger charge is 2.16. The van der Waals surface area contributed by atoms with E-state index in [4.69, 9.17) is 9.51 Å². The zero-order chi connectivity index (χ0) is 16.5. The molecule has 24 heavy (non-hydrogen) atoms. The van der Waals surface area contributed by atoms with Gasteiger partial charge in [0.2, 0.25) is 0 Å². The molecule has 0 spiro atoms. The van der Waals surface area contributed by atoms with E-state index >= 15 is 0 Å². The summed E-state index contributed by atoms with van der Waals surface area (Å²) in [5.74, 6) is 2.18. The molecule has 4 rings (SSSR count). The third-order valence-corrected chi connectivity index (χ3v) is 3.76. The highest BCUT2D eigenvalue weighted by molar-refractivity contribution is 5.88. The van der Waals surface area contributed by atoms with Crippen molar-refractivity contribution in [2.75, 3.05) is 11.9 Å². The summed E-state index contributed by atoms with van der Waals surface area (Å²) in [7, 11) is 3.82. The first-order valence-corrected chi connectivity index (χ1v) is 7.43. The van der Waals surface area contributed by atoms with Crippen LogP contribution in [-0.4, -0.2) is 36.9 Å². The quantitative estimate of drug-likeness (QED) is 0.568. The maximum Gasteiger partial charge on any atom is 0.164 e. The van der Waals surface area contributed by atoms with E-state index in [1.807, 2.05) is 37.2 Å². The summed E-state index contributed by atoms with van der Waals surface area (Å²) in [4.78, 5) is 15.4. The van der Waals surface area contributed by atoms with Gasteiger partial charge in [-0.3, -0.25) is 9.67 Å². The minimum Gasteiger partial charge on any atom is -0.360 e. The van der Waals surface area contributed by atoms with E-state index in [9.17, 15) is 0 Å². The second-order valence-corrected chi connectivity index (χ2v) is 5.45. The molecule has 0 aliphatic heterocycles. The van der Waals surface area contributed by atoms with Crippen molar-refractivity contribution in [3.05, 3.63) is 48.7 Å². The lowest BCUT2D eigenvalue weighted by atomic mass is 10.2. The Morgan fingerprint density at radius 1 is 1.12 bits per heavy atom. The second-order valence-electron chi connectivity index (χ2n) is 5.45. The van der Waals surface area contributed by atoms with Gasteiger partial charge in [-0.05, 0) is 12.1 Å². The molecule has 0 N–H and O–H groups in total. The molecule has 8 heteroatoms. The fraction of sp³-hybridized carbons (Fsp3) is 0.188. The van der Waals surface area contributed by atoms with Crippen LogP contribution in [0, 0.1) is 0 Å². The largest absolute Gasteiger partial charge is 0.360 e. The van der Waals surface area contributed by atoms with E-state index < -0.39 is 0 Å². The van der Waals surface area contributed by atoms with E-state index in [2.05, 4.69) is 20.2 Å². The van der Waals surface area contributed by atoms with Crippen LogP contribution in [0.3, 0.4) is 0 Å². The molecule has 0 unspecified atom stereocenters. The summed E-state index contributed by atoms with van der Waals surface area (Å²) in [6, 6.07) is 5.61. The average molecular weight is 321 g/mol. The lowest BCUT2D eigenvalue weighted by Crippen LogP contribution is -2.18. The van der Waals surface area contributed by atoms with E-state index in [0.29, 0.717) is 12.4 Å². The Balaban J connectivity index is 1.84. The van der Waals surface area contributed by atoms with Crippen LogP contribution in [0.4, 0.5) is 5.82 Å². The van der Waals surface area contributed by atoms with Crippen LogP contribution in [0.5, 0.6) is 0 Å². The summed E-state index contributed by atoms with van der Waals surface area (Å²) in [5, 5.41) is 8.94. The summed E-state index contributed by atoms with van der Waals surface area (Å²) in [5.41, 5.74) is 1.68.